The second kappa shape index (κ2) is 7.12. The van der Waals surface area contributed by atoms with Crippen LogP contribution in [0.5, 0.6) is 0 Å². The normalized spacial score (nSPS) is 10.8. The number of carbonyl (C=O) groups is 1. The van der Waals surface area contributed by atoms with Crippen molar-refractivity contribution in [2.45, 2.75) is 33.4 Å². The number of nitrogens with zero attached hydrogens (tertiary/aromatic N) is 4. The van der Waals surface area contributed by atoms with Crippen molar-refractivity contribution < 1.29 is 4.79 Å². The van der Waals surface area contributed by atoms with Crippen molar-refractivity contribution in [2.24, 2.45) is 0 Å². The second-order valence-electron chi connectivity index (χ2n) is 5.67. The van der Waals surface area contributed by atoms with Crippen LogP contribution in [0.25, 0.3) is 5.69 Å². The number of nitrogens with one attached hydrogen (secondary N) is 1. The molecular weight excluding hydrogens is 302 g/mol. The Balaban J connectivity index is 1.62. The molecule has 0 aliphatic rings. The fourth-order valence-corrected chi connectivity index (χ4v) is 2.57. The van der Waals surface area contributed by atoms with Crippen LogP contribution >= 0.6 is 0 Å². The van der Waals surface area contributed by atoms with Gasteiger partial charge in [-0.1, -0.05) is 19.1 Å². The van der Waals surface area contributed by atoms with Crippen molar-refractivity contribution in [1.82, 2.24) is 24.9 Å². The van der Waals surface area contributed by atoms with E-state index in [2.05, 4.69) is 22.4 Å². The molecule has 3 aromatic rings. The maximum atomic E-state index is 12.3. The van der Waals surface area contributed by atoms with Gasteiger partial charge in [-0.25, -0.2) is 4.68 Å². The summed E-state index contributed by atoms with van der Waals surface area (Å²) in [6.45, 7) is 5.33. The summed E-state index contributed by atoms with van der Waals surface area (Å²) in [5, 5.41) is 11.4. The molecule has 3 rings (SSSR count). The maximum absolute atomic E-state index is 12.3. The summed E-state index contributed by atoms with van der Waals surface area (Å²) in [6.07, 6.45) is 6.27. The summed E-state index contributed by atoms with van der Waals surface area (Å²) in [6, 6.07) is 9.84. The van der Waals surface area contributed by atoms with E-state index in [0.29, 0.717) is 12.1 Å². The van der Waals surface area contributed by atoms with E-state index >= 15 is 0 Å². The first-order valence-corrected chi connectivity index (χ1v) is 8.08. The molecule has 0 fully saturated rings. The zero-order valence-corrected chi connectivity index (χ0v) is 13.9. The Bertz CT molecular complexity index is 803. The average Bonchev–Trinajstić information content (AvgIpc) is 3.25. The molecule has 0 atom stereocenters. The van der Waals surface area contributed by atoms with Gasteiger partial charge < -0.3 is 5.32 Å². The minimum Gasteiger partial charge on any atom is -0.348 e. The van der Waals surface area contributed by atoms with Crippen molar-refractivity contribution in [3.63, 3.8) is 0 Å². The van der Waals surface area contributed by atoms with Gasteiger partial charge in [0.25, 0.3) is 5.91 Å². The number of amides is 1. The van der Waals surface area contributed by atoms with Crippen molar-refractivity contribution in [2.75, 3.05) is 0 Å². The molecular formula is C18H21N5O. The van der Waals surface area contributed by atoms with Crippen LogP contribution in [0.1, 0.15) is 35.0 Å². The standard InChI is InChI=1S/C18H21N5O/c1-3-10-22-14(2)17(13-21-22)18(24)19-12-15-5-7-16(8-6-15)23-11-4-9-20-23/h4-9,11,13H,3,10,12H2,1-2H3,(H,19,24). The topological polar surface area (TPSA) is 64.7 Å². The van der Waals surface area contributed by atoms with Gasteiger partial charge in [0.2, 0.25) is 0 Å². The molecule has 0 bridgehead atoms. The SMILES string of the molecule is CCCn1ncc(C(=O)NCc2ccc(-n3cccn3)cc2)c1C. The lowest BCUT2D eigenvalue weighted by molar-refractivity contribution is 0.0950. The summed E-state index contributed by atoms with van der Waals surface area (Å²) < 4.78 is 3.67. The molecule has 0 spiro atoms. The maximum Gasteiger partial charge on any atom is 0.255 e. The molecule has 0 unspecified atom stereocenters. The number of hydrogen-bond donors (Lipinski definition) is 1. The van der Waals surface area contributed by atoms with Crippen LogP contribution in [0, 0.1) is 6.92 Å². The van der Waals surface area contributed by atoms with Gasteiger partial charge >= 0.3 is 0 Å². The van der Waals surface area contributed by atoms with Crippen molar-refractivity contribution in [3.8, 4) is 5.69 Å². The summed E-state index contributed by atoms with van der Waals surface area (Å²) in [5.74, 6) is -0.0917. The quantitative estimate of drug-likeness (QED) is 0.758. The predicted octanol–water partition coefficient (Wildman–Crippen LogP) is 2.72. The van der Waals surface area contributed by atoms with Gasteiger partial charge in [-0.2, -0.15) is 10.2 Å². The Morgan fingerprint density at radius 3 is 2.67 bits per heavy atom. The van der Waals surface area contributed by atoms with Gasteiger partial charge in [0.05, 0.1) is 17.4 Å². The third-order valence-corrected chi connectivity index (χ3v) is 3.94. The lowest BCUT2D eigenvalue weighted by Crippen LogP contribution is -2.23. The van der Waals surface area contributed by atoms with E-state index in [4.69, 9.17) is 0 Å². The monoisotopic (exact) mass is 323 g/mol. The van der Waals surface area contributed by atoms with Gasteiger partial charge in [-0.05, 0) is 37.1 Å². The molecule has 6 heteroatoms. The van der Waals surface area contributed by atoms with Crippen LogP contribution in [0.4, 0.5) is 0 Å². The van der Waals surface area contributed by atoms with Crippen molar-refractivity contribution in [1.29, 1.82) is 0 Å². The summed E-state index contributed by atoms with van der Waals surface area (Å²) >= 11 is 0. The molecule has 1 N–H and O–H groups in total. The molecule has 0 aliphatic carbocycles. The molecule has 0 radical (unpaired) electrons. The molecule has 0 saturated heterocycles. The first-order valence-electron chi connectivity index (χ1n) is 8.08. The largest absolute Gasteiger partial charge is 0.348 e. The van der Waals surface area contributed by atoms with E-state index < -0.39 is 0 Å². The average molecular weight is 323 g/mol. The van der Waals surface area contributed by atoms with Crippen LogP contribution in [0.15, 0.2) is 48.9 Å². The van der Waals surface area contributed by atoms with Gasteiger partial charge in [-0.3, -0.25) is 9.48 Å². The van der Waals surface area contributed by atoms with E-state index in [1.165, 1.54) is 0 Å². The molecule has 0 saturated carbocycles. The summed E-state index contributed by atoms with van der Waals surface area (Å²) in [4.78, 5) is 12.3. The Morgan fingerprint density at radius 2 is 2.00 bits per heavy atom. The number of rotatable bonds is 6. The number of aryl methyl sites for hydroxylation is 1. The first kappa shape index (κ1) is 16.0. The van der Waals surface area contributed by atoms with Crippen molar-refractivity contribution >= 4 is 5.91 Å². The third kappa shape index (κ3) is 3.37. The summed E-state index contributed by atoms with van der Waals surface area (Å²) in [5.41, 5.74) is 3.57. The third-order valence-electron chi connectivity index (χ3n) is 3.94. The van der Waals surface area contributed by atoms with Gasteiger partial charge in [0.15, 0.2) is 0 Å². The lowest BCUT2D eigenvalue weighted by Gasteiger charge is -2.07. The molecule has 0 aliphatic heterocycles. The fourth-order valence-electron chi connectivity index (χ4n) is 2.57. The van der Waals surface area contributed by atoms with Crippen LogP contribution in [-0.4, -0.2) is 25.5 Å². The molecule has 124 valence electrons. The Labute approximate surface area is 141 Å². The molecule has 1 amide bonds. The molecule has 2 heterocycles. The fraction of sp³-hybridized carbons (Fsp3) is 0.278. The zero-order valence-electron chi connectivity index (χ0n) is 13.9. The lowest BCUT2D eigenvalue weighted by atomic mass is 10.2. The molecule has 2 aromatic heterocycles. The Hall–Kier alpha value is -2.89. The minimum absolute atomic E-state index is 0.0917. The number of benzene rings is 1. The van der Waals surface area contributed by atoms with E-state index in [9.17, 15) is 4.79 Å². The highest BCUT2D eigenvalue weighted by atomic mass is 16.1. The highest BCUT2D eigenvalue weighted by Gasteiger charge is 2.13. The highest BCUT2D eigenvalue weighted by Crippen LogP contribution is 2.10. The van der Waals surface area contributed by atoms with Gasteiger partial charge in [0.1, 0.15) is 0 Å². The zero-order chi connectivity index (χ0) is 16.9. The summed E-state index contributed by atoms with van der Waals surface area (Å²) in [7, 11) is 0. The van der Waals surface area contributed by atoms with E-state index in [1.54, 1.807) is 17.1 Å². The minimum atomic E-state index is -0.0917. The van der Waals surface area contributed by atoms with Crippen LogP contribution in [-0.2, 0) is 13.1 Å². The van der Waals surface area contributed by atoms with Crippen LogP contribution < -0.4 is 5.32 Å². The molecule has 1 aromatic carbocycles. The smallest absolute Gasteiger partial charge is 0.255 e. The van der Waals surface area contributed by atoms with Gasteiger partial charge in [0, 0.05) is 31.2 Å². The Morgan fingerprint density at radius 1 is 1.21 bits per heavy atom. The number of hydrogen-bond acceptors (Lipinski definition) is 3. The predicted molar refractivity (Wildman–Crippen MR) is 92.0 cm³/mol. The van der Waals surface area contributed by atoms with E-state index in [-0.39, 0.29) is 5.91 Å². The second-order valence-corrected chi connectivity index (χ2v) is 5.67. The highest BCUT2D eigenvalue weighted by molar-refractivity contribution is 5.94. The van der Waals surface area contributed by atoms with Gasteiger partial charge in [-0.15, -0.1) is 0 Å². The number of aromatic nitrogens is 4. The van der Waals surface area contributed by atoms with Crippen LogP contribution in [0.3, 0.4) is 0 Å². The number of carbonyl (C=O) groups excluding carboxylic acids is 1. The van der Waals surface area contributed by atoms with E-state index in [1.807, 2.05) is 48.1 Å². The van der Waals surface area contributed by atoms with Crippen LogP contribution in [0.2, 0.25) is 0 Å². The molecule has 6 nitrogen and oxygen atoms in total. The van der Waals surface area contributed by atoms with Crippen molar-refractivity contribution in [3.05, 3.63) is 65.7 Å². The Kier molecular flexibility index (Phi) is 4.74. The molecule has 24 heavy (non-hydrogen) atoms. The van der Waals surface area contributed by atoms with E-state index in [0.717, 1.165) is 29.9 Å². The first-order chi connectivity index (χ1) is 11.7.